The van der Waals surface area contributed by atoms with Gasteiger partial charge in [-0.25, -0.2) is 24.4 Å². The van der Waals surface area contributed by atoms with Crippen LogP contribution in [0.5, 0.6) is 5.75 Å². The highest BCUT2D eigenvalue weighted by molar-refractivity contribution is 6.00. The van der Waals surface area contributed by atoms with E-state index in [0.717, 1.165) is 37.6 Å². The van der Waals surface area contributed by atoms with Crippen LogP contribution in [-0.4, -0.2) is 84.9 Å². The fourth-order valence-electron chi connectivity index (χ4n) is 5.32. The molecule has 0 spiro atoms. The first kappa shape index (κ1) is 28.8. The number of carboxylic acid groups (broad SMARTS) is 1. The van der Waals surface area contributed by atoms with E-state index in [-0.39, 0.29) is 40.8 Å². The first-order chi connectivity index (χ1) is 21.0. The quantitative estimate of drug-likeness (QED) is 0.274. The third-order valence-corrected chi connectivity index (χ3v) is 7.47. The molecule has 1 aliphatic heterocycles. The van der Waals surface area contributed by atoms with Gasteiger partial charge in [0.2, 0.25) is 5.95 Å². The van der Waals surface area contributed by atoms with Crippen LogP contribution in [0.2, 0.25) is 0 Å². The van der Waals surface area contributed by atoms with Gasteiger partial charge in [-0.15, -0.1) is 12.4 Å². The van der Waals surface area contributed by atoms with Crippen molar-refractivity contribution in [2.45, 2.75) is 0 Å². The summed E-state index contributed by atoms with van der Waals surface area (Å²) in [6.07, 6.45) is 3.07. The molecule has 44 heavy (non-hydrogen) atoms. The second kappa shape index (κ2) is 11.8. The number of anilines is 3. The number of rotatable bonds is 7. The average Bonchev–Trinajstić information content (AvgIpc) is 3.36. The van der Waals surface area contributed by atoms with E-state index < -0.39 is 18.1 Å². The number of hydrogen-bond donors (Lipinski definition) is 2. The van der Waals surface area contributed by atoms with Crippen molar-refractivity contribution < 1.29 is 14.6 Å². The first-order valence-electron chi connectivity index (χ1n) is 13.8. The SMILES string of the molecule is CN1CCN(c2ccc(Nc3ncc4c(=O)n5c(nc4n3)c3c(OCC(=O)O)cccc3n5-c3ccccn3)cc2)CC1.Cl. The maximum Gasteiger partial charge on any atom is 0.341 e. The van der Waals surface area contributed by atoms with E-state index in [1.807, 2.05) is 18.2 Å². The normalized spacial score (nSPS) is 13.7. The molecular formula is C30H28ClN9O4. The van der Waals surface area contributed by atoms with Crippen LogP contribution in [0.1, 0.15) is 0 Å². The third-order valence-electron chi connectivity index (χ3n) is 7.47. The Hall–Kier alpha value is -5.27. The second-order valence-electron chi connectivity index (χ2n) is 10.3. The Balaban J connectivity index is 0.00000343. The lowest BCUT2D eigenvalue weighted by Crippen LogP contribution is -2.44. The molecule has 1 aliphatic rings. The Morgan fingerprint density at radius 2 is 1.77 bits per heavy atom. The summed E-state index contributed by atoms with van der Waals surface area (Å²) in [4.78, 5) is 48.1. The first-order valence-corrected chi connectivity index (χ1v) is 13.8. The molecule has 0 amide bonds. The van der Waals surface area contributed by atoms with Crippen LogP contribution in [0.3, 0.4) is 0 Å². The standard InChI is InChI=1S/C30H27N9O4.ClH/c1-36-13-15-37(16-14-36)20-10-8-19(9-11-20)33-30-32-17-21-27(35-30)34-28-26-22(5-4-6-23(26)43-18-25(40)41)38(39(28)29(21)42)24-7-2-3-12-31-24;/h2-12,17H,13-16,18H2,1H3,(H,40,41)(H,32,33,35);1H. The van der Waals surface area contributed by atoms with Crippen LogP contribution in [-0.2, 0) is 4.79 Å². The van der Waals surface area contributed by atoms with Crippen LogP contribution in [0, 0.1) is 0 Å². The highest BCUT2D eigenvalue weighted by atomic mass is 35.5. The van der Waals surface area contributed by atoms with Gasteiger partial charge in [-0.2, -0.15) is 9.50 Å². The van der Waals surface area contributed by atoms with E-state index in [9.17, 15) is 14.7 Å². The fraction of sp³-hybridized carbons (Fsp3) is 0.200. The zero-order chi connectivity index (χ0) is 29.5. The lowest BCUT2D eigenvalue weighted by Gasteiger charge is -2.34. The third kappa shape index (κ3) is 5.23. The number of piperazine rings is 1. The highest BCUT2D eigenvalue weighted by Crippen LogP contribution is 2.32. The lowest BCUT2D eigenvalue weighted by molar-refractivity contribution is -0.139. The number of halogens is 1. The van der Waals surface area contributed by atoms with Crippen molar-refractivity contribution in [3.05, 3.63) is 83.4 Å². The predicted octanol–water partition coefficient (Wildman–Crippen LogP) is 3.36. The van der Waals surface area contributed by atoms with Gasteiger partial charge in [0.15, 0.2) is 23.7 Å². The topological polar surface area (TPSA) is 143 Å². The number of carbonyl (C=O) groups is 1. The summed E-state index contributed by atoms with van der Waals surface area (Å²) < 4.78 is 8.62. The molecule has 5 heterocycles. The van der Waals surface area contributed by atoms with Gasteiger partial charge in [0, 0.05) is 49.9 Å². The van der Waals surface area contributed by atoms with Crippen molar-refractivity contribution in [1.29, 1.82) is 0 Å². The fourth-order valence-corrected chi connectivity index (χ4v) is 5.32. The number of ether oxygens (including phenoxy) is 1. The highest BCUT2D eigenvalue weighted by Gasteiger charge is 2.22. The van der Waals surface area contributed by atoms with Crippen LogP contribution < -0.4 is 20.5 Å². The molecule has 0 unspecified atom stereocenters. The summed E-state index contributed by atoms with van der Waals surface area (Å²) in [6.45, 7) is 3.46. The van der Waals surface area contributed by atoms with E-state index in [2.05, 4.69) is 49.2 Å². The van der Waals surface area contributed by atoms with Crippen LogP contribution in [0.4, 0.5) is 17.3 Å². The van der Waals surface area contributed by atoms with E-state index in [4.69, 9.17) is 9.72 Å². The van der Waals surface area contributed by atoms with E-state index in [0.29, 0.717) is 16.7 Å². The van der Waals surface area contributed by atoms with Gasteiger partial charge in [-0.1, -0.05) is 12.1 Å². The Labute approximate surface area is 256 Å². The van der Waals surface area contributed by atoms with Gasteiger partial charge >= 0.3 is 5.97 Å². The predicted molar refractivity (Wildman–Crippen MR) is 169 cm³/mol. The minimum Gasteiger partial charge on any atom is -0.481 e. The number of likely N-dealkylation sites (N-methyl/N-ethyl adjacent to an activating group) is 1. The summed E-state index contributed by atoms with van der Waals surface area (Å²) in [5, 5.41) is 13.1. The zero-order valence-corrected chi connectivity index (χ0v) is 24.4. The minimum atomic E-state index is -1.12. The Morgan fingerprint density at radius 1 is 0.977 bits per heavy atom. The Bertz CT molecular complexity index is 2040. The summed E-state index contributed by atoms with van der Waals surface area (Å²) in [5.74, 6) is -0.0977. The smallest absolute Gasteiger partial charge is 0.341 e. The van der Waals surface area contributed by atoms with Gasteiger partial charge in [-0.3, -0.25) is 4.79 Å². The molecule has 0 atom stereocenters. The maximum atomic E-state index is 13.9. The number of pyridine rings is 1. The molecule has 6 aromatic rings. The molecule has 0 aliphatic carbocycles. The van der Waals surface area contributed by atoms with Crippen molar-refractivity contribution >= 4 is 63.3 Å². The average molecular weight is 614 g/mol. The molecule has 224 valence electrons. The van der Waals surface area contributed by atoms with E-state index in [1.165, 1.54) is 10.7 Å². The van der Waals surface area contributed by atoms with Gasteiger partial charge in [0.25, 0.3) is 5.56 Å². The molecule has 7 rings (SSSR count). The molecule has 14 heteroatoms. The molecule has 0 bridgehead atoms. The maximum absolute atomic E-state index is 13.9. The Morgan fingerprint density at radius 3 is 2.50 bits per heavy atom. The molecule has 13 nitrogen and oxygen atoms in total. The van der Waals surface area contributed by atoms with Gasteiger partial charge < -0.3 is 25.0 Å². The van der Waals surface area contributed by atoms with Gasteiger partial charge in [0.05, 0.1) is 10.9 Å². The zero-order valence-electron chi connectivity index (χ0n) is 23.6. The molecule has 2 aromatic carbocycles. The van der Waals surface area contributed by atoms with Crippen molar-refractivity contribution in [3.8, 4) is 11.6 Å². The van der Waals surface area contributed by atoms with Crippen LogP contribution in [0.15, 0.2) is 77.9 Å². The number of aliphatic carboxylic acids is 1. The Kier molecular flexibility index (Phi) is 7.72. The molecule has 0 radical (unpaired) electrons. The summed E-state index contributed by atoms with van der Waals surface area (Å²) in [5.41, 5.74) is 2.54. The molecular weight excluding hydrogens is 586 g/mol. The van der Waals surface area contributed by atoms with Crippen molar-refractivity contribution in [2.75, 3.05) is 50.1 Å². The minimum absolute atomic E-state index is 0. The van der Waals surface area contributed by atoms with E-state index in [1.54, 1.807) is 41.2 Å². The van der Waals surface area contributed by atoms with Crippen molar-refractivity contribution in [1.82, 2.24) is 34.0 Å². The number of hydrogen-bond acceptors (Lipinski definition) is 10. The lowest BCUT2D eigenvalue weighted by atomic mass is 10.2. The van der Waals surface area contributed by atoms with Crippen LogP contribution >= 0.6 is 12.4 Å². The van der Waals surface area contributed by atoms with Crippen molar-refractivity contribution in [2.24, 2.45) is 0 Å². The number of nitrogens with zero attached hydrogens (tertiary/aromatic N) is 8. The number of benzene rings is 2. The summed E-state index contributed by atoms with van der Waals surface area (Å²) in [6, 6.07) is 18.6. The van der Waals surface area contributed by atoms with Gasteiger partial charge in [-0.05, 0) is 55.6 Å². The monoisotopic (exact) mass is 613 g/mol. The number of fused-ring (bicyclic) bond motifs is 4. The van der Waals surface area contributed by atoms with Gasteiger partial charge in [0.1, 0.15) is 11.1 Å². The van der Waals surface area contributed by atoms with E-state index >= 15 is 0 Å². The molecule has 1 saturated heterocycles. The molecule has 2 N–H and O–H groups in total. The number of nitrogens with one attached hydrogen (secondary N) is 1. The van der Waals surface area contributed by atoms with Crippen molar-refractivity contribution in [3.63, 3.8) is 0 Å². The number of aromatic nitrogens is 6. The second-order valence-corrected chi connectivity index (χ2v) is 10.3. The molecule has 0 saturated carbocycles. The molecule has 1 fully saturated rings. The number of carboxylic acids is 1. The summed E-state index contributed by atoms with van der Waals surface area (Å²) >= 11 is 0. The summed E-state index contributed by atoms with van der Waals surface area (Å²) in [7, 11) is 2.13. The molecule has 4 aromatic heterocycles. The largest absolute Gasteiger partial charge is 0.481 e. The van der Waals surface area contributed by atoms with Crippen LogP contribution in [0.25, 0.3) is 33.4 Å².